The van der Waals surface area contributed by atoms with Crippen molar-refractivity contribution in [3.8, 4) is 0 Å². The summed E-state index contributed by atoms with van der Waals surface area (Å²) in [6.45, 7) is 1.30. The lowest BCUT2D eigenvalue weighted by Gasteiger charge is -2.24. The lowest BCUT2D eigenvalue weighted by molar-refractivity contribution is -0.143. The van der Waals surface area contributed by atoms with Crippen molar-refractivity contribution in [3.63, 3.8) is 0 Å². The molecule has 1 aromatic rings. The molecule has 140 valence electrons. The van der Waals surface area contributed by atoms with Crippen molar-refractivity contribution in [1.29, 1.82) is 0 Å². The Morgan fingerprint density at radius 3 is 2.31 bits per heavy atom. The standard InChI is InChI=1S/C17H20N2O7/c1-9(20)19-8-12(21)7-14(19)15(22)18-13(17(25)26)6-10-2-4-11(5-3-10)16(23)24/h2-5,12-14,21H,6-8H2,1H3,(H,18,22)(H,23,24)(H,25,26)/t12-,13+,14+/m1/s1. The van der Waals surface area contributed by atoms with E-state index in [1.807, 2.05) is 0 Å². The smallest absolute Gasteiger partial charge is 0.335 e. The summed E-state index contributed by atoms with van der Waals surface area (Å²) in [6.07, 6.45) is -0.831. The number of β-amino-alcohol motifs (C(OH)–C–C–N with tert-alkyl or cyclic N) is 1. The van der Waals surface area contributed by atoms with Crippen molar-refractivity contribution in [2.75, 3.05) is 6.54 Å². The van der Waals surface area contributed by atoms with Crippen LogP contribution < -0.4 is 5.32 Å². The van der Waals surface area contributed by atoms with E-state index in [9.17, 15) is 29.4 Å². The molecular weight excluding hydrogens is 344 g/mol. The summed E-state index contributed by atoms with van der Waals surface area (Å²) in [6, 6.07) is 3.50. The van der Waals surface area contributed by atoms with Crippen molar-refractivity contribution >= 4 is 23.8 Å². The molecule has 0 aromatic heterocycles. The average molecular weight is 364 g/mol. The Balaban J connectivity index is 2.07. The zero-order valence-corrected chi connectivity index (χ0v) is 14.1. The van der Waals surface area contributed by atoms with Gasteiger partial charge >= 0.3 is 11.9 Å². The highest BCUT2D eigenvalue weighted by Gasteiger charge is 2.38. The number of carboxylic acids is 2. The SMILES string of the molecule is CC(=O)N1C[C@H](O)C[C@H]1C(=O)N[C@@H](Cc1ccc(C(=O)O)cc1)C(=O)O. The van der Waals surface area contributed by atoms with Gasteiger partial charge in [0.25, 0.3) is 0 Å². The topological polar surface area (TPSA) is 144 Å². The number of carboxylic acid groups (broad SMARTS) is 2. The highest BCUT2D eigenvalue weighted by Crippen LogP contribution is 2.18. The number of carbonyl (C=O) groups is 4. The molecule has 1 aromatic carbocycles. The fraction of sp³-hybridized carbons (Fsp3) is 0.412. The van der Waals surface area contributed by atoms with Gasteiger partial charge in [0.1, 0.15) is 12.1 Å². The van der Waals surface area contributed by atoms with Crippen molar-refractivity contribution in [2.45, 2.75) is 38.0 Å². The number of aromatic carboxylic acids is 1. The maximum absolute atomic E-state index is 12.4. The molecule has 0 bridgehead atoms. The quantitative estimate of drug-likeness (QED) is 0.531. The molecule has 1 heterocycles. The number of rotatable bonds is 6. The van der Waals surface area contributed by atoms with Crippen molar-refractivity contribution in [2.24, 2.45) is 0 Å². The van der Waals surface area contributed by atoms with Gasteiger partial charge in [-0.3, -0.25) is 9.59 Å². The van der Waals surface area contributed by atoms with Crippen LogP contribution in [0.2, 0.25) is 0 Å². The second kappa shape index (κ2) is 7.96. The summed E-state index contributed by atoms with van der Waals surface area (Å²) in [5.41, 5.74) is 0.610. The molecule has 2 amide bonds. The van der Waals surface area contributed by atoms with E-state index in [0.717, 1.165) is 0 Å². The number of benzene rings is 1. The average Bonchev–Trinajstić information content (AvgIpc) is 2.97. The zero-order valence-electron chi connectivity index (χ0n) is 14.1. The number of hydrogen-bond acceptors (Lipinski definition) is 5. The summed E-state index contributed by atoms with van der Waals surface area (Å²) < 4.78 is 0. The molecule has 1 fully saturated rings. The van der Waals surface area contributed by atoms with E-state index in [1.165, 1.54) is 36.1 Å². The Morgan fingerprint density at radius 2 is 1.81 bits per heavy atom. The van der Waals surface area contributed by atoms with Crippen LogP contribution in [-0.2, 0) is 20.8 Å². The summed E-state index contributed by atoms with van der Waals surface area (Å²) in [5.74, 6) is -3.37. The molecule has 9 nitrogen and oxygen atoms in total. The maximum Gasteiger partial charge on any atom is 0.335 e. The Morgan fingerprint density at radius 1 is 1.19 bits per heavy atom. The number of amides is 2. The molecule has 9 heteroatoms. The number of aliphatic hydroxyl groups is 1. The minimum atomic E-state index is -1.26. The lowest BCUT2D eigenvalue weighted by atomic mass is 10.0. The largest absolute Gasteiger partial charge is 0.480 e. The summed E-state index contributed by atoms with van der Waals surface area (Å²) in [5, 5.41) is 30.3. The molecule has 0 aliphatic carbocycles. The number of carbonyl (C=O) groups excluding carboxylic acids is 2. The van der Waals surface area contributed by atoms with Crippen molar-refractivity contribution < 1.29 is 34.5 Å². The minimum absolute atomic E-state index is 0.0296. The van der Waals surface area contributed by atoms with Gasteiger partial charge in [0.15, 0.2) is 0 Å². The van der Waals surface area contributed by atoms with Crippen LogP contribution in [0.1, 0.15) is 29.3 Å². The molecule has 1 saturated heterocycles. The van der Waals surface area contributed by atoms with E-state index in [1.54, 1.807) is 0 Å². The molecule has 3 atom stereocenters. The van der Waals surface area contributed by atoms with Crippen molar-refractivity contribution in [3.05, 3.63) is 35.4 Å². The monoisotopic (exact) mass is 364 g/mol. The second-order valence-corrected chi connectivity index (χ2v) is 6.18. The van der Waals surface area contributed by atoms with E-state index in [4.69, 9.17) is 5.11 Å². The summed E-state index contributed by atoms with van der Waals surface area (Å²) in [7, 11) is 0. The highest BCUT2D eigenvalue weighted by atomic mass is 16.4. The van der Waals surface area contributed by atoms with E-state index >= 15 is 0 Å². The fourth-order valence-corrected chi connectivity index (χ4v) is 2.90. The van der Waals surface area contributed by atoms with Gasteiger partial charge in [-0.2, -0.15) is 0 Å². The summed E-state index contributed by atoms with van der Waals surface area (Å²) >= 11 is 0. The van der Waals surface area contributed by atoms with Crippen molar-refractivity contribution in [1.82, 2.24) is 10.2 Å². The molecule has 0 unspecified atom stereocenters. The van der Waals surface area contributed by atoms with Gasteiger partial charge in [0, 0.05) is 26.3 Å². The highest BCUT2D eigenvalue weighted by molar-refractivity contribution is 5.90. The number of aliphatic hydroxyl groups excluding tert-OH is 1. The Kier molecular flexibility index (Phi) is 5.93. The van der Waals surface area contributed by atoms with E-state index in [-0.39, 0.29) is 30.9 Å². The van der Waals surface area contributed by atoms with Gasteiger partial charge in [-0.25, -0.2) is 9.59 Å². The maximum atomic E-state index is 12.4. The first-order valence-electron chi connectivity index (χ1n) is 7.99. The van der Waals surface area contributed by atoms with E-state index < -0.39 is 36.0 Å². The predicted octanol–water partition coefficient (Wildman–Crippen LogP) is -0.522. The van der Waals surface area contributed by atoms with Crippen LogP contribution in [0.3, 0.4) is 0 Å². The van der Waals surface area contributed by atoms with Gasteiger partial charge in [-0.15, -0.1) is 0 Å². The molecule has 0 spiro atoms. The van der Waals surface area contributed by atoms with E-state index in [2.05, 4.69) is 5.32 Å². The third kappa shape index (κ3) is 4.57. The number of nitrogens with one attached hydrogen (secondary N) is 1. The minimum Gasteiger partial charge on any atom is -0.480 e. The Bertz CT molecular complexity index is 716. The molecular formula is C17H20N2O7. The van der Waals surface area contributed by atoms with E-state index in [0.29, 0.717) is 5.56 Å². The normalized spacial score (nSPS) is 20.5. The van der Waals surface area contributed by atoms with Gasteiger partial charge in [0.05, 0.1) is 11.7 Å². The van der Waals surface area contributed by atoms with Crippen LogP contribution in [0.25, 0.3) is 0 Å². The van der Waals surface area contributed by atoms with Crippen LogP contribution in [-0.4, -0.2) is 68.7 Å². The van der Waals surface area contributed by atoms with Crippen LogP contribution in [0.5, 0.6) is 0 Å². The molecule has 2 rings (SSSR count). The molecule has 0 saturated carbocycles. The summed E-state index contributed by atoms with van der Waals surface area (Å²) in [4.78, 5) is 47.5. The zero-order chi connectivity index (χ0) is 19.4. The van der Waals surface area contributed by atoms with Crippen LogP contribution in [0.4, 0.5) is 0 Å². The second-order valence-electron chi connectivity index (χ2n) is 6.18. The number of nitrogens with zero attached hydrogens (tertiary/aromatic N) is 1. The first-order chi connectivity index (χ1) is 12.2. The van der Waals surface area contributed by atoms with Crippen LogP contribution >= 0.6 is 0 Å². The Labute approximate surface area is 149 Å². The first kappa shape index (κ1) is 19.4. The van der Waals surface area contributed by atoms with Gasteiger partial charge in [-0.05, 0) is 17.7 Å². The lowest BCUT2D eigenvalue weighted by Crippen LogP contribution is -2.51. The fourth-order valence-electron chi connectivity index (χ4n) is 2.90. The number of aliphatic carboxylic acids is 1. The third-order valence-corrected chi connectivity index (χ3v) is 4.24. The predicted molar refractivity (Wildman–Crippen MR) is 88.5 cm³/mol. The number of likely N-dealkylation sites (tertiary alicyclic amines) is 1. The van der Waals surface area contributed by atoms with Crippen LogP contribution in [0, 0.1) is 0 Å². The van der Waals surface area contributed by atoms with Gasteiger partial charge in [-0.1, -0.05) is 12.1 Å². The molecule has 26 heavy (non-hydrogen) atoms. The molecule has 1 aliphatic rings. The third-order valence-electron chi connectivity index (χ3n) is 4.24. The Hall–Kier alpha value is -2.94. The van der Waals surface area contributed by atoms with Gasteiger partial charge < -0.3 is 25.5 Å². The van der Waals surface area contributed by atoms with Crippen LogP contribution in [0.15, 0.2) is 24.3 Å². The first-order valence-corrected chi connectivity index (χ1v) is 7.99. The molecule has 1 aliphatic heterocycles. The molecule has 0 radical (unpaired) electrons. The molecule has 4 N–H and O–H groups in total. The van der Waals surface area contributed by atoms with Gasteiger partial charge in [0.2, 0.25) is 11.8 Å². The number of hydrogen-bond donors (Lipinski definition) is 4.